The molecule has 0 aromatic carbocycles. The maximum atomic E-state index is 11.6. The van der Waals surface area contributed by atoms with Crippen LogP contribution in [0.5, 0.6) is 0 Å². The molecule has 0 bridgehead atoms. The summed E-state index contributed by atoms with van der Waals surface area (Å²) in [5, 5.41) is 0. The molecule has 22 heavy (non-hydrogen) atoms. The van der Waals surface area contributed by atoms with Crippen LogP contribution >= 0.6 is 0 Å². The highest BCUT2D eigenvalue weighted by Crippen LogP contribution is 2.34. The van der Waals surface area contributed by atoms with Crippen LogP contribution in [0.25, 0.3) is 0 Å². The van der Waals surface area contributed by atoms with E-state index in [0.717, 1.165) is 18.8 Å². The van der Waals surface area contributed by atoms with E-state index in [4.69, 9.17) is 4.74 Å². The van der Waals surface area contributed by atoms with E-state index in [-0.39, 0.29) is 5.97 Å². The molecule has 0 aromatic rings. The van der Waals surface area contributed by atoms with Gasteiger partial charge >= 0.3 is 5.97 Å². The summed E-state index contributed by atoms with van der Waals surface area (Å²) in [5.41, 5.74) is 0. The van der Waals surface area contributed by atoms with Crippen LogP contribution in [0.15, 0.2) is 0 Å². The minimum Gasteiger partial charge on any atom is -0.466 e. The Kier molecular flexibility index (Phi) is 12.5. The molecule has 0 radical (unpaired) electrons. The first-order valence-corrected chi connectivity index (χ1v) is 9.98. The number of unbranched alkanes of at least 4 members (excludes halogenated alkanes) is 10. The number of ether oxygens (including phenoxy) is 1. The van der Waals surface area contributed by atoms with E-state index in [1.165, 1.54) is 83.5 Å². The summed E-state index contributed by atoms with van der Waals surface area (Å²) in [6.07, 6.45) is 20.2. The van der Waals surface area contributed by atoms with E-state index in [2.05, 4.69) is 6.92 Å². The Labute approximate surface area is 138 Å². The Hall–Kier alpha value is -0.530. The van der Waals surface area contributed by atoms with Crippen molar-refractivity contribution in [3.63, 3.8) is 0 Å². The van der Waals surface area contributed by atoms with Crippen LogP contribution in [0.3, 0.4) is 0 Å². The van der Waals surface area contributed by atoms with Gasteiger partial charge in [-0.05, 0) is 18.8 Å². The number of rotatable bonds is 16. The van der Waals surface area contributed by atoms with Crippen molar-refractivity contribution in [2.24, 2.45) is 5.92 Å². The van der Waals surface area contributed by atoms with Crippen molar-refractivity contribution in [3.05, 3.63) is 0 Å². The molecule has 2 nitrogen and oxygen atoms in total. The van der Waals surface area contributed by atoms with E-state index >= 15 is 0 Å². The summed E-state index contributed by atoms with van der Waals surface area (Å²) in [6.45, 7) is 2.89. The molecule has 1 saturated carbocycles. The quantitative estimate of drug-likeness (QED) is 0.243. The zero-order valence-electron chi connectivity index (χ0n) is 14.9. The van der Waals surface area contributed by atoms with E-state index in [1.54, 1.807) is 0 Å². The van der Waals surface area contributed by atoms with Gasteiger partial charge in [0.15, 0.2) is 0 Å². The summed E-state index contributed by atoms with van der Waals surface area (Å²) in [5.74, 6) is 1.07. The van der Waals surface area contributed by atoms with Gasteiger partial charge in [-0.3, -0.25) is 4.79 Å². The topological polar surface area (TPSA) is 26.3 Å². The van der Waals surface area contributed by atoms with E-state index < -0.39 is 0 Å². The molecule has 1 aliphatic rings. The third-order valence-corrected chi connectivity index (χ3v) is 4.70. The van der Waals surface area contributed by atoms with Crippen LogP contribution in [0.4, 0.5) is 0 Å². The van der Waals surface area contributed by atoms with Gasteiger partial charge in [-0.1, -0.05) is 90.4 Å². The van der Waals surface area contributed by atoms with Crippen LogP contribution in [-0.2, 0) is 9.53 Å². The van der Waals surface area contributed by atoms with Crippen molar-refractivity contribution in [2.75, 3.05) is 6.61 Å². The average Bonchev–Trinajstić information content (AvgIpc) is 3.33. The van der Waals surface area contributed by atoms with Crippen molar-refractivity contribution in [3.8, 4) is 0 Å². The van der Waals surface area contributed by atoms with Crippen molar-refractivity contribution < 1.29 is 9.53 Å². The standard InChI is InChI=1S/C20H38O2/c1-2-3-4-5-6-7-10-13-18-22-20(21)15-12-9-8-11-14-19-16-17-19/h19H,2-18H2,1H3. The number of hydrogen-bond acceptors (Lipinski definition) is 2. The molecule has 0 atom stereocenters. The highest BCUT2D eigenvalue weighted by Gasteiger charge is 2.19. The lowest BCUT2D eigenvalue weighted by Gasteiger charge is -2.05. The van der Waals surface area contributed by atoms with Gasteiger partial charge in [-0.25, -0.2) is 0 Å². The van der Waals surface area contributed by atoms with Gasteiger partial charge in [0.2, 0.25) is 0 Å². The molecule has 0 heterocycles. The first-order chi connectivity index (χ1) is 10.8. The van der Waals surface area contributed by atoms with Crippen molar-refractivity contribution >= 4 is 5.97 Å². The van der Waals surface area contributed by atoms with Crippen LogP contribution in [-0.4, -0.2) is 12.6 Å². The molecule has 0 spiro atoms. The van der Waals surface area contributed by atoms with Gasteiger partial charge in [0.1, 0.15) is 0 Å². The van der Waals surface area contributed by atoms with Crippen molar-refractivity contribution in [2.45, 2.75) is 110 Å². The van der Waals surface area contributed by atoms with Gasteiger partial charge < -0.3 is 4.74 Å². The van der Waals surface area contributed by atoms with Crippen LogP contribution in [0.1, 0.15) is 110 Å². The lowest BCUT2D eigenvalue weighted by Crippen LogP contribution is -2.05. The second-order valence-corrected chi connectivity index (χ2v) is 7.09. The van der Waals surface area contributed by atoms with E-state index in [1.807, 2.05) is 0 Å². The molecule has 0 N–H and O–H groups in total. The smallest absolute Gasteiger partial charge is 0.305 e. The van der Waals surface area contributed by atoms with Gasteiger partial charge in [-0.15, -0.1) is 0 Å². The fourth-order valence-electron chi connectivity index (χ4n) is 2.96. The zero-order chi connectivity index (χ0) is 15.9. The van der Waals surface area contributed by atoms with Gasteiger partial charge in [0, 0.05) is 6.42 Å². The van der Waals surface area contributed by atoms with Crippen LogP contribution in [0, 0.1) is 5.92 Å². The number of carbonyl (C=O) groups is 1. The maximum Gasteiger partial charge on any atom is 0.305 e. The number of carbonyl (C=O) groups excluding carboxylic acids is 1. The Morgan fingerprint density at radius 3 is 2.09 bits per heavy atom. The van der Waals surface area contributed by atoms with Gasteiger partial charge in [0.05, 0.1) is 6.61 Å². The molecule has 1 aliphatic carbocycles. The third kappa shape index (κ3) is 13.2. The highest BCUT2D eigenvalue weighted by molar-refractivity contribution is 5.69. The molecule has 0 unspecified atom stereocenters. The predicted octanol–water partition coefficient (Wildman–Crippen LogP) is 6.42. The fraction of sp³-hybridized carbons (Fsp3) is 0.950. The maximum absolute atomic E-state index is 11.6. The molecule has 0 amide bonds. The minimum absolute atomic E-state index is 0.0186. The molecule has 0 saturated heterocycles. The molecule has 130 valence electrons. The Morgan fingerprint density at radius 1 is 0.818 bits per heavy atom. The molecule has 2 heteroatoms. The number of hydrogen-bond donors (Lipinski definition) is 0. The highest BCUT2D eigenvalue weighted by atomic mass is 16.5. The SMILES string of the molecule is CCCCCCCCCCOC(=O)CCCCCCC1CC1. The summed E-state index contributed by atoms with van der Waals surface area (Å²) < 4.78 is 5.30. The molecular formula is C20H38O2. The van der Waals surface area contributed by atoms with Crippen LogP contribution < -0.4 is 0 Å². The normalized spacial score (nSPS) is 14.2. The van der Waals surface area contributed by atoms with Crippen molar-refractivity contribution in [1.29, 1.82) is 0 Å². The first kappa shape index (κ1) is 19.5. The van der Waals surface area contributed by atoms with Crippen LogP contribution in [0.2, 0.25) is 0 Å². The van der Waals surface area contributed by atoms with E-state index in [0.29, 0.717) is 13.0 Å². The molecular weight excluding hydrogens is 272 g/mol. The predicted molar refractivity (Wildman–Crippen MR) is 94.0 cm³/mol. The summed E-state index contributed by atoms with van der Waals surface area (Å²) in [6, 6.07) is 0. The Balaban J connectivity index is 1.71. The third-order valence-electron chi connectivity index (χ3n) is 4.70. The lowest BCUT2D eigenvalue weighted by atomic mass is 10.1. The largest absolute Gasteiger partial charge is 0.466 e. The Bertz CT molecular complexity index is 258. The number of esters is 1. The first-order valence-electron chi connectivity index (χ1n) is 9.98. The minimum atomic E-state index is 0.0186. The van der Waals surface area contributed by atoms with E-state index in [9.17, 15) is 4.79 Å². The average molecular weight is 311 g/mol. The summed E-state index contributed by atoms with van der Waals surface area (Å²) in [7, 11) is 0. The summed E-state index contributed by atoms with van der Waals surface area (Å²) >= 11 is 0. The fourth-order valence-corrected chi connectivity index (χ4v) is 2.96. The van der Waals surface area contributed by atoms with Gasteiger partial charge in [-0.2, -0.15) is 0 Å². The molecule has 1 rings (SSSR count). The monoisotopic (exact) mass is 310 g/mol. The van der Waals surface area contributed by atoms with Crippen molar-refractivity contribution in [1.82, 2.24) is 0 Å². The zero-order valence-corrected chi connectivity index (χ0v) is 14.9. The molecule has 1 fully saturated rings. The second kappa shape index (κ2) is 14.1. The second-order valence-electron chi connectivity index (χ2n) is 7.09. The Morgan fingerprint density at radius 2 is 1.41 bits per heavy atom. The molecule has 0 aromatic heterocycles. The lowest BCUT2D eigenvalue weighted by molar-refractivity contribution is -0.143. The molecule has 0 aliphatic heterocycles. The van der Waals surface area contributed by atoms with Gasteiger partial charge in [0.25, 0.3) is 0 Å². The summed E-state index contributed by atoms with van der Waals surface area (Å²) in [4.78, 5) is 11.6.